The highest BCUT2D eigenvalue weighted by Crippen LogP contribution is 2.18. The number of aryl methyl sites for hydroxylation is 1. The molecule has 0 aliphatic heterocycles. The lowest BCUT2D eigenvalue weighted by atomic mass is 10.2. The molecule has 0 aliphatic carbocycles. The second-order valence-electron chi connectivity index (χ2n) is 5.99. The molecule has 0 fully saturated rings. The van der Waals surface area contributed by atoms with Crippen molar-refractivity contribution in [3.05, 3.63) is 53.7 Å². The van der Waals surface area contributed by atoms with Crippen LogP contribution in [0.2, 0.25) is 0 Å². The van der Waals surface area contributed by atoms with E-state index >= 15 is 0 Å². The third-order valence-corrected chi connectivity index (χ3v) is 5.99. The molecule has 0 atom stereocenters. The molecular weight excluding hydrogens is 350 g/mol. The van der Waals surface area contributed by atoms with Crippen molar-refractivity contribution in [3.63, 3.8) is 0 Å². The molecule has 0 bridgehead atoms. The number of carbonyl (C=O) groups is 1. The standard InChI is InChI=1S/C19H25N3O3S/c1-4-6-14-22(5-2)26(24,25)17-12-10-16(11-13-17)19(23)21-18-9-7-8-15(3)20-18/h7-13H,4-6,14H2,1-3H3,(H,20,21,23). The van der Waals surface area contributed by atoms with Crippen molar-refractivity contribution in [1.29, 1.82) is 0 Å². The van der Waals surface area contributed by atoms with E-state index in [9.17, 15) is 13.2 Å². The Morgan fingerprint density at radius 3 is 2.38 bits per heavy atom. The zero-order valence-corrected chi connectivity index (χ0v) is 16.2. The summed E-state index contributed by atoms with van der Waals surface area (Å²) in [5.41, 5.74) is 1.18. The first-order valence-corrected chi connectivity index (χ1v) is 10.2. The molecule has 0 unspecified atom stereocenters. The third-order valence-electron chi connectivity index (χ3n) is 4.00. The average molecular weight is 375 g/mol. The fraction of sp³-hybridized carbons (Fsp3) is 0.368. The first-order valence-electron chi connectivity index (χ1n) is 8.73. The highest BCUT2D eigenvalue weighted by atomic mass is 32.2. The Hall–Kier alpha value is -2.25. The van der Waals surface area contributed by atoms with Crippen LogP contribution in [0.25, 0.3) is 0 Å². The smallest absolute Gasteiger partial charge is 0.256 e. The molecule has 2 aromatic rings. The second-order valence-corrected chi connectivity index (χ2v) is 7.93. The molecule has 1 amide bonds. The van der Waals surface area contributed by atoms with E-state index < -0.39 is 10.0 Å². The number of benzene rings is 1. The molecule has 0 saturated carbocycles. The Kier molecular flexibility index (Phi) is 6.88. The molecule has 1 aromatic carbocycles. The molecule has 0 radical (unpaired) electrons. The van der Waals surface area contributed by atoms with Gasteiger partial charge in [0.1, 0.15) is 5.82 Å². The highest BCUT2D eigenvalue weighted by Gasteiger charge is 2.22. The van der Waals surface area contributed by atoms with Gasteiger partial charge in [0.2, 0.25) is 10.0 Å². The molecule has 7 heteroatoms. The number of aromatic nitrogens is 1. The third kappa shape index (κ3) is 4.89. The number of amides is 1. The van der Waals surface area contributed by atoms with Crippen LogP contribution in [0, 0.1) is 6.92 Å². The number of carbonyl (C=O) groups excluding carboxylic acids is 1. The van der Waals surface area contributed by atoms with Crippen molar-refractivity contribution in [3.8, 4) is 0 Å². The number of hydrogen-bond acceptors (Lipinski definition) is 4. The largest absolute Gasteiger partial charge is 0.307 e. The molecule has 2 rings (SSSR count). The summed E-state index contributed by atoms with van der Waals surface area (Å²) in [6.07, 6.45) is 1.75. The van der Waals surface area contributed by atoms with Crippen molar-refractivity contribution >= 4 is 21.7 Å². The first kappa shape index (κ1) is 20.1. The summed E-state index contributed by atoms with van der Waals surface area (Å²) in [7, 11) is -3.54. The van der Waals surface area contributed by atoms with Gasteiger partial charge in [0, 0.05) is 24.3 Å². The predicted molar refractivity (Wildman–Crippen MR) is 103 cm³/mol. The Morgan fingerprint density at radius 1 is 1.12 bits per heavy atom. The van der Waals surface area contributed by atoms with E-state index in [-0.39, 0.29) is 10.8 Å². The predicted octanol–water partition coefficient (Wildman–Crippen LogP) is 3.45. The summed E-state index contributed by atoms with van der Waals surface area (Å²) >= 11 is 0. The van der Waals surface area contributed by atoms with E-state index in [1.165, 1.54) is 28.6 Å². The maximum absolute atomic E-state index is 12.7. The Bertz CT molecular complexity index is 849. The Balaban J connectivity index is 2.15. The zero-order chi connectivity index (χ0) is 19.2. The lowest BCUT2D eigenvalue weighted by Gasteiger charge is -2.20. The maximum atomic E-state index is 12.7. The van der Waals surface area contributed by atoms with Gasteiger partial charge < -0.3 is 5.32 Å². The fourth-order valence-corrected chi connectivity index (χ4v) is 4.00. The zero-order valence-electron chi connectivity index (χ0n) is 15.4. The van der Waals surface area contributed by atoms with Crippen LogP contribution < -0.4 is 5.32 Å². The van der Waals surface area contributed by atoms with Crippen LogP contribution in [-0.4, -0.2) is 36.7 Å². The molecule has 0 aliphatic rings. The van der Waals surface area contributed by atoms with E-state index in [2.05, 4.69) is 10.3 Å². The SMILES string of the molecule is CCCCN(CC)S(=O)(=O)c1ccc(C(=O)Nc2cccc(C)n2)cc1. The van der Waals surface area contributed by atoms with E-state index in [1.807, 2.05) is 32.9 Å². The minimum absolute atomic E-state index is 0.195. The first-order chi connectivity index (χ1) is 12.4. The van der Waals surface area contributed by atoms with Crippen molar-refractivity contribution in [1.82, 2.24) is 9.29 Å². The summed E-state index contributed by atoms with van der Waals surface area (Å²) in [6.45, 7) is 6.61. The summed E-state index contributed by atoms with van der Waals surface area (Å²) in [6, 6.07) is 11.3. The van der Waals surface area contributed by atoms with Crippen LogP contribution in [0.5, 0.6) is 0 Å². The molecule has 1 N–H and O–H groups in total. The van der Waals surface area contributed by atoms with Gasteiger partial charge in [0.25, 0.3) is 5.91 Å². The number of anilines is 1. The van der Waals surface area contributed by atoms with E-state index in [0.717, 1.165) is 18.5 Å². The van der Waals surface area contributed by atoms with Crippen LogP contribution in [0.1, 0.15) is 42.7 Å². The summed E-state index contributed by atoms with van der Waals surface area (Å²) in [4.78, 5) is 16.7. The van der Waals surface area contributed by atoms with E-state index in [4.69, 9.17) is 0 Å². The van der Waals surface area contributed by atoms with Crippen LogP contribution in [0.4, 0.5) is 5.82 Å². The van der Waals surface area contributed by atoms with Gasteiger partial charge in [-0.25, -0.2) is 13.4 Å². The molecule has 1 aromatic heterocycles. The van der Waals surface area contributed by atoms with Gasteiger partial charge in [-0.2, -0.15) is 4.31 Å². The molecule has 26 heavy (non-hydrogen) atoms. The van der Waals surface area contributed by atoms with Crippen molar-refractivity contribution in [2.75, 3.05) is 18.4 Å². The quantitative estimate of drug-likeness (QED) is 0.766. The van der Waals surface area contributed by atoms with Crippen LogP contribution in [0.15, 0.2) is 47.4 Å². The average Bonchev–Trinajstić information content (AvgIpc) is 2.62. The Labute approximate surface area is 155 Å². The molecule has 1 heterocycles. The van der Waals surface area contributed by atoms with E-state index in [1.54, 1.807) is 6.07 Å². The molecule has 140 valence electrons. The van der Waals surface area contributed by atoms with Crippen LogP contribution >= 0.6 is 0 Å². The monoisotopic (exact) mass is 375 g/mol. The lowest BCUT2D eigenvalue weighted by Crippen LogP contribution is -2.31. The summed E-state index contributed by atoms with van der Waals surface area (Å²) in [5.74, 6) is 0.133. The van der Waals surface area contributed by atoms with E-state index in [0.29, 0.717) is 24.5 Å². The number of pyridine rings is 1. The molecule has 0 spiro atoms. The summed E-state index contributed by atoms with van der Waals surface area (Å²) < 4.78 is 26.8. The van der Waals surface area contributed by atoms with Gasteiger partial charge in [0.05, 0.1) is 4.90 Å². The maximum Gasteiger partial charge on any atom is 0.256 e. The lowest BCUT2D eigenvalue weighted by molar-refractivity contribution is 0.102. The number of nitrogens with zero attached hydrogens (tertiary/aromatic N) is 2. The number of hydrogen-bond donors (Lipinski definition) is 1. The fourth-order valence-electron chi connectivity index (χ4n) is 2.51. The minimum Gasteiger partial charge on any atom is -0.307 e. The van der Waals surface area contributed by atoms with Crippen molar-refractivity contribution in [2.45, 2.75) is 38.5 Å². The second kappa shape index (κ2) is 8.91. The van der Waals surface area contributed by atoms with Gasteiger partial charge in [-0.15, -0.1) is 0 Å². The van der Waals surface area contributed by atoms with Gasteiger partial charge in [-0.05, 0) is 49.7 Å². The van der Waals surface area contributed by atoms with Crippen LogP contribution in [-0.2, 0) is 10.0 Å². The highest BCUT2D eigenvalue weighted by molar-refractivity contribution is 7.89. The van der Waals surface area contributed by atoms with Gasteiger partial charge >= 0.3 is 0 Å². The van der Waals surface area contributed by atoms with Crippen LogP contribution in [0.3, 0.4) is 0 Å². The van der Waals surface area contributed by atoms with Crippen molar-refractivity contribution in [2.24, 2.45) is 0 Å². The van der Waals surface area contributed by atoms with Gasteiger partial charge in [-0.3, -0.25) is 4.79 Å². The molecule has 0 saturated heterocycles. The topological polar surface area (TPSA) is 79.4 Å². The number of unbranched alkanes of at least 4 members (excludes halogenated alkanes) is 1. The molecular formula is C19H25N3O3S. The minimum atomic E-state index is -3.54. The van der Waals surface area contributed by atoms with Gasteiger partial charge in [0.15, 0.2) is 0 Å². The molecule has 6 nitrogen and oxygen atoms in total. The number of nitrogens with one attached hydrogen (secondary N) is 1. The number of sulfonamides is 1. The van der Waals surface area contributed by atoms with Gasteiger partial charge in [-0.1, -0.05) is 26.3 Å². The normalized spacial score (nSPS) is 11.5. The number of rotatable bonds is 8. The van der Waals surface area contributed by atoms with Crippen molar-refractivity contribution < 1.29 is 13.2 Å². The Morgan fingerprint density at radius 2 is 1.81 bits per heavy atom. The summed E-state index contributed by atoms with van der Waals surface area (Å²) in [5, 5.41) is 2.71.